The van der Waals surface area contributed by atoms with Gasteiger partial charge in [-0.1, -0.05) is 129 Å². The minimum Gasteiger partial charge on any atom is -0.550 e. The summed E-state index contributed by atoms with van der Waals surface area (Å²) in [5.41, 5.74) is 0. The van der Waals surface area contributed by atoms with Gasteiger partial charge in [0.25, 0.3) is 0 Å². The maximum absolute atomic E-state index is 12.9. The predicted octanol–water partition coefficient (Wildman–Crippen LogP) is 3.12. The van der Waals surface area contributed by atoms with E-state index in [0.717, 1.165) is 51.4 Å². The first-order valence-electron chi connectivity index (χ1n) is 15.1. The Morgan fingerprint density at radius 3 is 1.45 bits per heavy atom. The first-order chi connectivity index (χ1) is 17.8. The zero-order valence-electron chi connectivity index (χ0n) is 24.7. The van der Waals surface area contributed by atoms with Crippen molar-refractivity contribution in [3.05, 3.63) is 0 Å². The van der Waals surface area contributed by atoms with Gasteiger partial charge >= 0.3 is 35.5 Å². The molecule has 0 aliphatic carbocycles. The van der Waals surface area contributed by atoms with Gasteiger partial charge in [-0.3, -0.25) is 9.59 Å². The maximum Gasteiger partial charge on any atom is 1.00 e. The van der Waals surface area contributed by atoms with Crippen molar-refractivity contribution in [3.63, 3.8) is 0 Å². The van der Waals surface area contributed by atoms with Gasteiger partial charge in [0, 0.05) is 18.8 Å². The number of ketones is 1. The van der Waals surface area contributed by atoms with E-state index >= 15 is 0 Å². The Balaban J connectivity index is 0. The Labute approximate surface area is 254 Å². The van der Waals surface area contributed by atoms with Crippen molar-refractivity contribution in [2.24, 2.45) is 5.92 Å². The molecule has 38 heavy (non-hydrogen) atoms. The summed E-state index contributed by atoms with van der Waals surface area (Å²) in [6.07, 6.45) is 21.4. The smallest absolute Gasteiger partial charge is 0.550 e. The molecule has 0 radical (unpaired) electrons. The summed E-state index contributed by atoms with van der Waals surface area (Å²) >= 11 is 0. The largest absolute Gasteiger partial charge is 1.00 e. The van der Waals surface area contributed by atoms with Gasteiger partial charge in [0.1, 0.15) is 11.8 Å². The molecule has 0 aliphatic rings. The molecule has 0 aromatic carbocycles. The van der Waals surface area contributed by atoms with E-state index in [1.807, 2.05) is 0 Å². The van der Waals surface area contributed by atoms with E-state index in [4.69, 9.17) is 0 Å². The monoisotopic (exact) mass is 547 g/mol. The van der Waals surface area contributed by atoms with Crippen LogP contribution in [0.2, 0.25) is 0 Å². The molecule has 0 fully saturated rings. The van der Waals surface area contributed by atoms with E-state index in [1.165, 1.54) is 70.6 Å². The average molecular weight is 548 g/mol. The molecule has 2 N–H and O–H groups in total. The molecule has 216 valence electrons. The molecule has 0 aliphatic heterocycles. The number of Topliss-reactive ketones (excluding diaryl/α,β-unsaturated/α-hetero) is 1. The number of hydrogen-bond acceptors (Lipinski definition) is 5. The van der Waals surface area contributed by atoms with Gasteiger partial charge < -0.3 is 20.3 Å². The summed E-state index contributed by atoms with van der Waals surface area (Å²) in [6, 6.07) is -1.59. The third-order valence-electron chi connectivity index (χ3n) is 7.06. The predicted molar refractivity (Wildman–Crippen MR) is 146 cm³/mol. The summed E-state index contributed by atoms with van der Waals surface area (Å²) in [5.74, 6) is -4.77. The molecule has 0 spiro atoms. The van der Waals surface area contributed by atoms with Gasteiger partial charge in [-0.15, -0.1) is 0 Å². The Bertz CT molecular complexity index is 628. The Morgan fingerprint density at radius 2 is 1.05 bits per heavy atom. The van der Waals surface area contributed by atoms with Crippen molar-refractivity contribution in [3.8, 4) is 0 Å². The molecule has 1 amide bonds. The quantitative estimate of drug-likeness (QED) is 0.0925. The van der Waals surface area contributed by atoms with E-state index in [9.17, 15) is 29.4 Å². The van der Waals surface area contributed by atoms with Crippen LogP contribution in [0.3, 0.4) is 0 Å². The van der Waals surface area contributed by atoms with Gasteiger partial charge in [-0.05, 0) is 12.8 Å². The Hall–Kier alpha value is -0.920. The van der Waals surface area contributed by atoms with Crippen LogP contribution in [-0.4, -0.2) is 34.8 Å². The second-order valence-corrected chi connectivity index (χ2v) is 10.5. The third-order valence-corrected chi connectivity index (χ3v) is 7.06. The molecule has 2 atom stereocenters. The number of carbonyl (C=O) groups is 4. The summed E-state index contributed by atoms with van der Waals surface area (Å²) in [5, 5.41) is 22.4. The van der Waals surface area contributed by atoms with Crippen LogP contribution in [0, 0.1) is 5.92 Å². The average Bonchev–Trinajstić information content (AvgIpc) is 2.85. The number of carbonyl (C=O) groups excluding carboxylic acids is 3. The van der Waals surface area contributed by atoms with E-state index in [2.05, 4.69) is 19.2 Å². The van der Waals surface area contributed by atoms with Crippen LogP contribution in [-0.2, 0) is 19.2 Å². The standard InChI is InChI=1S/C30H55NO6.Na/c1-3-5-7-9-11-13-15-16-18-20-22-25(29(35)31-26(30(36)37)24-28(33)34)27(32)23-21-19-17-14-12-10-8-6-4-2;/h25-26H,3-24H2,1-2H3,(H,31,35)(H,33,34)(H,36,37);/q;+1/p-1/t25?,26-;/m0./s1. The number of carboxylic acids is 2. The Kier molecular flexibility index (Phi) is 28.5. The Morgan fingerprint density at radius 1 is 0.658 bits per heavy atom. The number of unbranched alkanes of at least 4 members (excludes halogenated alkanes) is 17. The topological polar surface area (TPSA) is 124 Å². The molecule has 1 unspecified atom stereocenters. The second-order valence-electron chi connectivity index (χ2n) is 10.5. The van der Waals surface area contributed by atoms with Crippen molar-refractivity contribution in [2.75, 3.05) is 0 Å². The summed E-state index contributed by atoms with van der Waals surface area (Å²) in [4.78, 5) is 48.0. The number of amides is 1. The molecular weight excluding hydrogens is 493 g/mol. The van der Waals surface area contributed by atoms with Crippen molar-refractivity contribution >= 4 is 23.6 Å². The van der Waals surface area contributed by atoms with Gasteiger partial charge in [0.2, 0.25) is 5.91 Å². The molecule has 0 saturated heterocycles. The summed E-state index contributed by atoms with van der Waals surface area (Å²) < 4.78 is 0. The minimum absolute atomic E-state index is 0. The summed E-state index contributed by atoms with van der Waals surface area (Å²) in [7, 11) is 0. The zero-order chi connectivity index (χ0) is 27.7. The molecule has 7 nitrogen and oxygen atoms in total. The van der Waals surface area contributed by atoms with Gasteiger partial charge in [0.15, 0.2) is 0 Å². The number of carboxylic acid groups (broad SMARTS) is 2. The molecule has 0 aromatic heterocycles. The SMILES string of the molecule is CCCCCCCCCCCCC(C(=O)CCCCCCCCCCC)C(=O)N[C@@H](CC(=O)[O-])C(=O)O.[Na+]. The molecule has 0 aromatic rings. The van der Waals surface area contributed by atoms with Crippen LogP contribution in [0.25, 0.3) is 0 Å². The van der Waals surface area contributed by atoms with Gasteiger partial charge in [0.05, 0.1) is 5.92 Å². The maximum atomic E-state index is 12.9. The number of rotatable bonds is 27. The van der Waals surface area contributed by atoms with Crippen LogP contribution in [0.15, 0.2) is 0 Å². The third kappa shape index (κ3) is 23.0. The molecule has 0 heterocycles. The first-order valence-corrected chi connectivity index (χ1v) is 15.1. The van der Waals surface area contributed by atoms with Crippen LogP contribution in [0.1, 0.15) is 155 Å². The van der Waals surface area contributed by atoms with E-state index in [-0.39, 0.29) is 35.3 Å². The number of nitrogens with one attached hydrogen (secondary N) is 1. The van der Waals surface area contributed by atoms with Crippen LogP contribution >= 0.6 is 0 Å². The van der Waals surface area contributed by atoms with Crippen LogP contribution in [0.5, 0.6) is 0 Å². The van der Waals surface area contributed by atoms with Crippen molar-refractivity contribution in [2.45, 2.75) is 161 Å². The molecule has 0 rings (SSSR count). The molecule has 0 saturated carbocycles. The fraction of sp³-hybridized carbons (Fsp3) is 0.867. The molecular formula is C30H54NNaO6. The van der Waals surface area contributed by atoms with Crippen LogP contribution in [0.4, 0.5) is 0 Å². The van der Waals surface area contributed by atoms with Crippen molar-refractivity contribution in [1.29, 1.82) is 0 Å². The fourth-order valence-corrected chi connectivity index (χ4v) is 4.70. The number of hydrogen-bond donors (Lipinski definition) is 2. The van der Waals surface area contributed by atoms with Crippen molar-refractivity contribution < 1.29 is 58.9 Å². The van der Waals surface area contributed by atoms with Gasteiger partial charge in [-0.2, -0.15) is 0 Å². The van der Waals surface area contributed by atoms with Crippen molar-refractivity contribution in [1.82, 2.24) is 5.32 Å². The fourth-order valence-electron chi connectivity index (χ4n) is 4.70. The number of aliphatic carboxylic acids is 2. The summed E-state index contributed by atoms with van der Waals surface area (Å²) in [6.45, 7) is 4.41. The minimum atomic E-state index is -1.59. The molecule has 0 bridgehead atoms. The van der Waals surface area contributed by atoms with E-state index < -0.39 is 36.2 Å². The zero-order valence-corrected chi connectivity index (χ0v) is 26.7. The van der Waals surface area contributed by atoms with Crippen LogP contribution < -0.4 is 40.0 Å². The van der Waals surface area contributed by atoms with E-state index in [0.29, 0.717) is 12.8 Å². The second kappa shape index (κ2) is 27.6. The normalized spacial score (nSPS) is 12.4. The van der Waals surface area contributed by atoms with Gasteiger partial charge in [-0.25, -0.2) is 4.79 Å². The van der Waals surface area contributed by atoms with E-state index in [1.54, 1.807) is 0 Å². The first kappa shape index (κ1) is 39.2. The molecule has 8 heteroatoms.